The molecule has 0 aliphatic carbocycles. The Morgan fingerprint density at radius 1 is 1.19 bits per heavy atom. The lowest BCUT2D eigenvalue weighted by molar-refractivity contribution is -0.153. The van der Waals surface area contributed by atoms with Crippen LogP contribution in [-0.2, 0) is 19.1 Å². The van der Waals surface area contributed by atoms with Gasteiger partial charge < -0.3 is 4.74 Å². The standard InChI is InChI=1S/C14H12FNO5/c15-9-3-1-8(2-4-9)10(17)5-6-13(19)21-11-7-12(18)16-14(11)20/h1-4,11H,5-7H2,(H,16,18,20). The lowest BCUT2D eigenvalue weighted by Gasteiger charge is -2.08. The molecule has 110 valence electrons. The van der Waals surface area contributed by atoms with Crippen molar-refractivity contribution in [2.75, 3.05) is 0 Å². The van der Waals surface area contributed by atoms with Gasteiger partial charge in [0.25, 0.3) is 5.91 Å². The molecule has 0 saturated carbocycles. The summed E-state index contributed by atoms with van der Waals surface area (Å²) in [5.41, 5.74) is 0.290. The van der Waals surface area contributed by atoms with Crippen LogP contribution in [-0.4, -0.2) is 29.7 Å². The van der Waals surface area contributed by atoms with Gasteiger partial charge in [0.05, 0.1) is 12.8 Å². The van der Waals surface area contributed by atoms with Crippen molar-refractivity contribution in [2.24, 2.45) is 0 Å². The molecule has 2 rings (SSSR count). The van der Waals surface area contributed by atoms with Crippen LogP contribution in [0.15, 0.2) is 24.3 Å². The highest BCUT2D eigenvalue weighted by Crippen LogP contribution is 2.11. The topological polar surface area (TPSA) is 89.5 Å². The van der Waals surface area contributed by atoms with Gasteiger partial charge in [0.1, 0.15) is 5.82 Å². The van der Waals surface area contributed by atoms with Crippen molar-refractivity contribution >= 4 is 23.6 Å². The molecule has 1 N–H and O–H groups in total. The molecule has 2 amide bonds. The first-order valence-electron chi connectivity index (χ1n) is 6.27. The highest BCUT2D eigenvalue weighted by Gasteiger charge is 2.33. The number of imide groups is 1. The van der Waals surface area contributed by atoms with Gasteiger partial charge in [0.2, 0.25) is 5.91 Å². The molecule has 1 heterocycles. The third-order valence-corrected chi connectivity index (χ3v) is 2.92. The van der Waals surface area contributed by atoms with Crippen LogP contribution in [0.4, 0.5) is 4.39 Å². The van der Waals surface area contributed by atoms with Crippen LogP contribution in [0, 0.1) is 5.82 Å². The first kappa shape index (κ1) is 14.8. The Labute approximate surface area is 119 Å². The molecule has 1 aromatic rings. The second-order valence-electron chi connectivity index (χ2n) is 4.53. The van der Waals surface area contributed by atoms with E-state index < -0.39 is 29.7 Å². The largest absolute Gasteiger partial charge is 0.452 e. The molecule has 7 heteroatoms. The van der Waals surface area contributed by atoms with Crippen LogP contribution in [0.25, 0.3) is 0 Å². The third-order valence-electron chi connectivity index (χ3n) is 2.92. The van der Waals surface area contributed by atoms with Crippen molar-refractivity contribution in [2.45, 2.75) is 25.4 Å². The van der Waals surface area contributed by atoms with E-state index in [0.29, 0.717) is 0 Å². The number of carbonyl (C=O) groups excluding carboxylic acids is 4. The van der Waals surface area contributed by atoms with Gasteiger partial charge >= 0.3 is 5.97 Å². The van der Waals surface area contributed by atoms with Crippen LogP contribution in [0.1, 0.15) is 29.6 Å². The van der Waals surface area contributed by atoms with Gasteiger partial charge in [0, 0.05) is 12.0 Å². The van der Waals surface area contributed by atoms with E-state index in [1.807, 2.05) is 5.32 Å². The van der Waals surface area contributed by atoms with Gasteiger partial charge in [-0.05, 0) is 24.3 Å². The lowest BCUT2D eigenvalue weighted by Crippen LogP contribution is -2.28. The smallest absolute Gasteiger partial charge is 0.307 e. The van der Waals surface area contributed by atoms with Crippen molar-refractivity contribution in [1.82, 2.24) is 5.32 Å². The number of ketones is 1. The average molecular weight is 293 g/mol. The molecule has 1 unspecified atom stereocenters. The van der Waals surface area contributed by atoms with E-state index in [1.165, 1.54) is 12.1 Å². The van der Waals surface area contributed by atoms with E-state index in [-0.39, 0.29) is 30.6 Å². The average Bonchev–Trinajstić information content (AvgIpc) is 2.75. The van der Waals surface area contributed by atoms with Crippen molar-refractivity contribution in [3.8, 4) is 0 Å². The van der Waals surface area contributed by atoms with Crippen LogP contribution in [0.5, 0.6) is 0 Å². The summed E-state index contributed by atoms with van der Waals surface area (Å²) in [7, 11) is 0. The number of benzene rings is 1. The Bertz CT molecular complexity index is 596. The summed E-state index contributed by atoms with van der Waals surface area (Å²) in [4.78, 5) is 45.4. The number of halogens is 1. The fourth-order valence-electron chi connectivity index (χ4n) is 1.84. The predicted molar refractivity (Wildman–Crippen MR) is 67.6 cm³/mol. The molecule has 0 bridgehead atoms. The Morgan fingerprint density at radius 2 is 1.86 bits per heavy atom. The van der Waals surface area contributed by atoms with E-state index in [2.05, 4.69) is 0 Å². The zero-order chi connectivity index (χ0) is 15.4. The van der Waals surface area contributed by atoms with Gasteiger partial charge in [-0.1, -0.05) is 0 Å². The number of hydrogen-bond acceptors (Lipinski definition) is 5. The lowest BCUT2D eigenvalue weighted by atomic mass is 10.1. The second kappa shape index (κ2) is 6.25. The zero-order valence-corrected chi connectivity index (χ0v) is 10.9. The quantitative estimate of drug-likeness (QED) is 0.491. The van der Waals surface area contributed by atoms with Gasteiger partial charge in [-0.3, -0.25) is 24.5 Å². The van der Waals surface area contributed by atoms with Gasteiger partial charge in [-0.15, -0.1) is 0 Å². The normalized spacial score (nSPS) is 17.5. The first-order valence-corrected chi connectivity index (χ1v) is 6.27. The summed E-state index contributed by atoms with van der Waals surface area (Å²) in [6.45, 7) is 0. The Morgan fingerprint density at radius 3 is 2.43 bits per heavy atom. The van der Waals surface area contributed by atoms with Crippen molar-refractivity contribution in [3.63, 3.8) is 0 Å². The minimum Gasteiger partial charge on any atom is -0.452 e. The summed E-state index contributed by atoms with van der Waals surface area (Å²) in [5.74, 6) is -2.68. The fraction of sp³-hybridized carbons (Fsp3) is 0.286. The first-order chi connectivity index (χ1) is 9.95. The van der Waals surface area contributed by atoms with Crippen molar-refractivity contribution < 1.29 is 28.3 Å². The number of amides is 2. The van der Waals surface area contributed by atoms with Crippen LogP contribution in [0.3, 0.4) is 0 Å². The molecule has 6 nitrogen and oxygen atoms in total. The summed E-state index contributed by atoms with van der Waals surface area (Å²) < 4.78 is 17.5. The van der Waals surface area contributed by atoms with Gasteiger partial charge in [0.15, 0.2) is 11.9 Å². The van der Waals surface area contributed by atoms with Crippen LogP contribution >= 0.6 is 0 Å². The SMILES string of the molecule is O=C1CC(OC(=O)CCC(=O)c2ccc(F)cc2)C(=O)N1. The van der Waals surface area contributed by atoms with Gasteiger partial charge in [-0.25, -0.2) is 4.39 Å². The Hall–Kier alpha value is -2.57. The number of esters is 1. The van der Waals surface area contributed by atoms with Crippen molar-refractivity contribution in [3.05, 3.63) is 35.6 Å². The Balaban J connectivity index is 1.81. The molecule has 0 spiro atoms. The van der Waals surface area contributed by atoms with E-state index in [4.69, 9.17) is 4.74 Å². The maximum Gasteiger partial charge on any atom is 0.307 e. The second-order valence-corrected chi connectivity index (χ2v) is 4.53. The molecule has 1 aromatic carbocycles. The Kier molecular flexibility index (Phi) is 4.42. The number of nitrogens with one attached hydrogen (secondary N) is 1. The minimum absolute atomic E-state index is 0.118. The zero-order valence-electron chi connectivity index (χ0n) is 10.9. The molecule has 0 radical (unpaired) electrons. The minimum atomic E-state index is -1.12. The summed E-state index contributed by atoms with van der Waals surface area (Å²) in [5, 5.41) is 2.01. The highest BCUT2D eigenvalue weighted by atomic mass is 19.1. The number of carbonyl (C=O) groups is 4. The molecule has 1 fully saturated rings. The highest BCUT2D eigenvalue weighted by molar-refractivity contribution is 6.05. The molecule has 1 saturated heterocycles. The molecule has 21 heavy (non-hydrogen) atoms. The summed E-state index contributed by atoms with van der Waals surface area (Å²) >= 11 is 0. The molecule has 1 atom stereocenters. The fourth-order valence-corrected chi connectivity index (χ4v) is 1.84. The number of hydrogen-bond donors (Lipinski definition) is 1. The van der Waals surface area contributed by atoms with Gasteiger partial charge in [-0.2, -0.15) is 0 Å². The number of rotatable bonds is 5. The molecule has 1 aliphatic rings. The van der Waals surface area contributed by atoms with E-state index >= 15 is 0 Å². The molecular weight excluding hydrogens is 281 g/mol. The predicted octanol–water partition coefficient (Wildman–Crippen LogP) is 0.747. The van der Waals surface area contributed by atoms with Crippen LogP contribution < -0.4 is 5.32 Å². The number of Topliss-reactive ketones (excluding diaryl/α,β-unsaturated/α-hetero) is 1. The van der Waals surface area contributed by atoms with Crippen molar-refractivity contribution in [1.29, 1.82) is 0 Å². The summed E-state index contributed by atoms with van der Waals surface area (Å²) in [6.07, 6.45) is -1.65. The molecular formula is C14H12FNO5. The third kappa shape index (κ3) is 3.95. The van der Waals surface area contributed by atoms with E-state index in [0.717, 1.165) is 12.1 Å². The number of ether oxygens (including phenoxy) is 1. The van der Waals surface area contributed by atoms with E-state index in [1.54, 1.807) is 0 Å². The molecule has 1 aliphatic heterocycles. The molecule has 0 aromatic heterocycles. The monoisotopic (exact) mass is 293 g/mol. The van der Waals surface area contributed by atoms with E-state index in [9.17, 15) is 23.6 Å². The summed E-state index contributed by atoms with van der Waals surface area (Å²) in [6, 6.07) is 4.96. The maximum atomic E-state index is 12.7. The van der Waals surface area contributed by atoms with Crippen LogP contribution in [0.2, 0.25) is 0 Å². The maximum absolute atomic E-state index is 12.7.